The van der Waals surface area contributed by atoms with Gasteiger partial charge in [0.25, 0.3) is 0 Å². The van der Waals surface area contributed by atoms with Crippen molar-refractivity contribution in [2.45, 2.75) is 52.4 Å². The number of methoxy groups -OCH3 is 1. The van der Waals surface area contributed by atoms with Crippen LogP contribution in [-0.4, -0.2) is 13.4 Å². The van der Waals surface area contributed by atoms with Crippen LogP contribution in [0.15, 0.2) is 12.1 Å². The van der Waals surface area contributed by atoms with Crippen LogP contribution in [0, 0.1) is 0 Å². The summed E-state index contributed by atoms with van der Waals surface area (Å²) >= 11 is 0. The van der Waals surface area contributed by atoms with Crippen LogP contribution in [0.2, 0.25) is 0 Å². The van der Waals surface area contributed by atoms with Gasteiger partial charge in [-0.2, -0.15) is 0 Å². The Morgan fingerprint density at radius 2 is 1.44 bits per heavy atom. The van der Waals surface area contributed by atoms with E-state index in [0.717, 1.165) is 28.7 Å². The highest BCUT2D eigenvalue weighted by Gasteiger charge is 2.30. The Labute approximate surface area is 110 Å². The molecule has 0 bridgehead atoms. The predicted molar refractivity (Wildman–Crippen MR) is 75.8 cm³/mol. The molecule has 1 aromatic carbocycles. The minimum Gasteiger partial charge on any atom is -0.496 e. The Balaban J connectivity index is 3.76. The minimum absolute atomic E-state index is 0.0625. The summed E-state index contributed by atoms with van der Waals surface area (Å²) in [6.45, 7) is 12.8. The molecule has 0 N–H and O–H groups in total. The Kier molecular flexibility index (Phi) is 3.89. The smallest absolute Gasteiger partial charge is 0.150 e. The predicted octanol–water partition coefficient (Wildman–Crippen LogP) is 4.10. The molecule has 0 radical (unpaired) electrons. The zero-order valence-corrected chi connectivity index (χ0v) is 12.5. The van der Waals surface area contributed by atoms with E-state index in [9.17, 15) is 4.79 Å². The first-order chi connectivity index (χ1) is 8.12. The van der Waals surface area contributed by atoms with E-state index < -0.39 is 0 Å². The Bertz CT molecular complexity index is 445. The van der Waals surface area contributed by atoms with Gasteiger partial charge in [0.1, 0.15) is 12.0 Å². The molecule has 0 spiro atoms. The maximum Gasteiger partial charge on any atom is 0.150 e. The van der Waals surface area contributed by atoms with Gasteiger partial charge in [0.15, 0.2) is 0 Å². The van der Waals surface area contributed by atoms with Crippen LogP contribution in [0.5, 0.6) is 5.75 Å². The topological polar surface area (TPSA) is 26.3 Å². The molecule has 0 aliphatic rings. The standard InChI is InChI=1S/C16H24O2/c1-15(2,3)13-11(10-17)8-9-12(18-7)14(13)16(4,5)6/h8-10H,1-7H3. The number of carbonyl (C=O) groups is 1. The van der Waals surface area contributed by atoms with E-state index in [2.05, 4.69) is 41.5 Å². The number of rotatable bonds is 2. The number of hydrogen-bond acceptors (Lipinski definition) is 2. The van der Waals surface area contributed by atoms with Crippen molar-refractivity contribution in [2.75, 3.05) is 7.11 Å². The maximum atomic E-state index is 11.3. The molecule has 100 valence electrons. The lowest BCUT2D eigenvalue weighted by Crippen LogP contribution is -2.24. The molecule has 2 nitrogen and oxygen atoms in total. The van der Waals surface area contributed by atoms with Crippen LogP contribution in [0.1, 0.15) is 63.0 Å². The normalized spacial score (nSPS) is 12.4. The summed E-state index contributed by atoms with van der Waals surface area (Å²) in [5.41, 5.74) is 2.82. The zero-order valence-electron chi connectivity index (χ0n) is 12.5. The number of carbonyl (C=O) groups excluding carboxylic acids is 1. The van der Waals surface area contributed by atoms with Crippen molar-refractivity contribution in [2.24, 2.45) is 0 Å². The second-order valence-electron chi connectivity index (χ2n) is 6.72. The molecule has 2 heteroatoms. The third kappa shape index (κ3) is 2.74. The van der Waals surface area contributed by atoms with E-state index in [4.69, 9.17) is 4.74 Å². The van der Waals surface area contributed by atoms with Gasteiger partial charge in [-0.25, -0.2) is 0 Å². The largest absolute Gasteiger partial charge is 0.496 e. The Morgan fingerprint density at radius 3 is 1.78 bits per heavy atom. The lowest BCUT2D eigenvalue weighted by molar-refractivity contribution is 0.112. The summed E-state index contributed by atoms with van der Waals surface area (Å²) < 4.78 is 5.49. The van der Waals surface area contributed by atoms with Gasteiger partial charge in [-0.1, -0.05) is 41.5 Å². The second-order valence-corrected chi connectivity index (χ2v) is 6.72. The summed E-state index contributed by atoms with van der Waals surface area (Å²) in [5, 5.41) is 0. The first-order valence-electron chi connectivity index (χ1n) is 6.30. The highest BCUT2D eigenvalue weighted by atomic mass is 16.5. The van der Waals surface area contributed by atoms with Gasteiger partial charge >= 0.3 is 0 Å². The lowest BCUT2D eigenvalue weighted by atomic mass is 9.73. The van der Waals surface area contributed by atoms with Gasteiger partial charge in [-0.3, -0.25) is 4.79 Å². The third-order valence-electron chi connectivity index (χ3n) is 3.05. The molecular weight excluding hydrogens is 224 g/mol. The molecule has 1 aromatic rings. The van der Waals surface area contributed by atoms with Crippen molar-refractivity contribution in [3.63, 3.8) is 0 Å². The van der Waals surface area contributed by atoms with E-state index in [1.54, 1.807) is 7.11 Å². The first-order valence-corrected chi connectivity index (χ1v) is 6.30. The molecule has 0 saturated carbocycles. The van der Waals surface area contributed by atoms with Crippen molar-refractivity contribution in [3.05, 3.63) is 28.8 Å². The quantitative estimate of drug-likeness (QED) is 0.736. The minimum atomic E-state index is -0.0899. The maximum absolute atomic E-state index is 11.3. The molecule has 0 unspecified atom stereocenters. The van der Waals surface area contributed by atoms with Crippen LogP contribution in [0.25, 0.3) is 0 Å². The van der Waals surface area contributed by atoms with Crippen LogP contribution < -0.4 is 4.74 Å². The molecule has 0 saturated heterocycles. The number of hydrogen-bond donors (Lipinski definition) is 0. The highest BCUT2D eigenvalue weighted by molar-refractivity contribution is 5.80. The SMILES string of the molecule is COc1ccc(C=O)c(C(C)(C)C)c1C(C)(C)C. The summed E-state index contributed by atoms with van der Waals surface area (Å²) in [5.74, 6) is 0.859. The fourth-order valence-corrected chi connectivity index (χ4v) is 2.42. The average Bonchev–Trinajstić information content (AvgIpc) is 2.24. The van der Waals surface area contributed by atoms with E-state index >= 15 is 0 Å². The third-order valence-corrected chi connectivity index (χ3v) is 3.05. The molecule has 0 atom stereocenters. The molecule has 0 aliphatic carbocycles. The molecule has 0 aliphatic heterocycles. The van der Waals surface area contributed by atoms with Crippen molar-refractivity contribution in [1.29, 1.82) is 0 Å². The lowest BCUT2D eigenvalue weighted by Gasteiger charge is -2.32. The van der Waals surface area contributed by atoms with E-state index in [1.807, 2.05) is 12.1 Å². The van der Waals surface area contributed by atoms with Gasteiger partial charge in [0, 0.05) is 11.1 Å². The van der Waals surface area contributed by atoms with Crippen molar-refractivity contribution < 1.29 is 9.53 Å². The molecule has 18 heavy (non-hydrogen) atoms. The van der Waals surface area contributed by atoms with Gasteiger partial charge in [-0.05, 0) is 28.5 Å². The molecular formula is C16H24O2. The molecule has 0 fully saturated rings. The fourth-order valence-electron chi connectivity index (χ4n) is 2.42. The van der Waals surface area contributed by atoms with Crippen LogP contribution in [0.3, 0.4) is 0 Å². The monoisotopic (exact) mass is 248 g/mol. The summed E-state index contributed by atoms with van der Waals surface area (Å²) in [6, 6.07) is 3.74. The zero-order chi connectivity index (χ0) is 14.1. The van der Waals surface area contributed by atoms with Crippen LogP contribution >= 0.6 is 0 Å². The van der Waals surface area contributed by atoms with Crippen molar-refractivity contribution in [3.8, 4) is 5.75 Å². The van der Waals surface area contributed by atoms with Crippen molar-refractivity contribution >= 4 is 6.29 Å². The Morgan fingerprint density at radius 1 is 0.944 bits per heavy atom. The summed E-state index contributed by atoms with van der Waals surface area (Å²) in [7, 11) is 1.68. The molecule has 0 heterocycles. The second kappa shape index (κ2) is 4.75. The summed E-state index contributed by atoms with van der Waals surface area (Å²) in [6.07, 6.45) is 0.940. The summed E-state index contributed by atoms with van der Waals surface area (Å²) in [4.78, 5) is 11.3. The van der Waals surface area contributed by atoms with Crippen LogP contribution in [-0.2, 0) is 10.8 Å². The average molecular weight is 248 g/mol. The van der Waals surface area contributed by atoms with Gasteiger partial charge in [0.2, 0.25) is 0 Å². The van der Waals surface area contributed by atoms with Crippen molar-refractivity contribution in [1.82, 2.24) is 0 Å². The first kappa shape index (κ1) is 14.7. The van der Waals surface area contributed by atoms with E-state index in [1.165, 1.54) is 0 Å². The van der Waals surface area contributed by atoms with Gasteiger partial charge in [0.05, 0.1) is 7.11 Å². The fraction of sp³-hybridized carbons (Fsp3) is 0.562. The molecule has 1 rings (SSSR count). The number of ether oxygens (including phenoxy) is 1. The number of aldehydes is 1. The highest BCUT2D eigenvalue weighted by Crippen LogP contribution is 2.41. The van der Waals surface area contributed by atoms with E-state index in [-0.39, 0.29) is 10.8 Å². The van der Waals surface area contributed by atoms with Crippen LogP contribution in [0.4, 0.5) is 0 Å². The molecule has 0 aromatic heterocycles. The van der Waals surface area contributed by atoms with Gasteiger partial charge in [-0.15, -0.1) is 0 Å². The molecule has 0 amide bonds. The van der Waals surface area contributed by atoms with Gasteiger partial charge < -0.3 is 4.74 Å². The van der Waals surface area contributed by atoms with E-state index in [0.29, 0.717) is 0 Å². The Hall–Kier alpha value is -1.31. The number of benzene rings is 1.